The van der Waals surface area contributed by atoms with Gasteiger partial charge in [-0.05, 0) is 6.07 Å². The number of carbonyl (C=O) groups excluding carboxylic acids is 1. The van der Waals surface area contributed by atoms with Gasteiger partial charge in [0.25, 0.3) is 0 Å². The lowest BCUT2D eigenvalue weighted by atomic mass is 10.2. The summed E-state index contributed by atoms with van der Waals surface area (Å²) in [7, 11) is 0. The van der Waals surface area contributed by atoms with Crippen LogP contribution >= 0.6 is 22.9 Å². The van der Waals surface area contributed by atoms with Gasteiger partial charge in [0.2, 0.25) is 5.91 Å². The molecular weight excluding hydrogens is 274 g/mol. The number of anilines is 1. The molecule has 0 saturated heterocycles. The summed E-state index contributed by atoms with van der Waals surface area (Å²) < 4.78 is 1.00. The summed E-state index contributed by atoms with van der Waals surface area (Å²) in [6.07, 6.45) is 0. The monoisotopic (exact) mass is 283 g/mol. The van der Waals surface area contributed by atoms with Gasteiger partial charge in [0.1, 0.15) is 12.4 Å². The molecule has 1 aromatic carbocycles. The highest BCUT2D eigenvalue weighted by molar-refractivity contribution is 7.17. The minimum absolute atomic E-state index is 0.239. The number of rotatable bonds is 4. The first-order valence-corrected chi connectivity index (χ1v) is 6.59. The smallest absolute Gasteiger partial charge is 0.323 e. The molecule has 0 fully saturated rings. The molecule has 1 aromatic heterocycles. The molecule has 0 unspecified atom stereocenters. The number of aliphatic carboxylic acids is 1. The zero-order chi connectivity index (χ0) is 13.1. The summed E-state index contributed by atoms with van der Waals surface area (Å²) >= 11 is 6.98. The lowest BCUT2D eigenvalue weighted by Gasteiger charge is -2.18. The number of carboxylic acids is 1. The number of halogens is 1. The minimum Gasteiger partial charge on any atom is -0.480 e. The minimum atomic E-state index is -1.07. The molecule has 18 heavy (non-hydrogen) atoms. The highest BCUT2D eigenvalue weighted by Crippen LogP contribution is 2.32. The lowest BCUT2D eigenvalue weighted by molar-refractivity contribution is -0.136. The average molecular weight is 284 g/mol. The van der Waals surface area contributed by atoms with Crippen LogP contribution in [0.15, 0.2) is 29.6 Å². The van der Waals surface area contributed by atoms with Gasteiger partial charge in [-0.15, -0.1) is 22.9 Å². The highest BCUT2D eigenvalue weighted by Gasteiger charge is 2.20. The summed E-state index contributed by atoms with van der Waals surface area (Å²) in [6, 6.07) is 7.53. The van der Waals surface area contributed by atoms with E-state index >= 15 is 0 Å². The number of amides is 1. The highest BCUT2D eigenvalue weighted by atomic mass is 35.5. The molecule has 0 aliphatic rings. The maximum absolute atomic E-state index is 11.7. The molecule has 0 aliphatic carbocycles. The maximum Gasteiger partial charge on any atom is 0.323 e. The van der Waals surface area contributed by atoms with Crippen LogP contribution < -0.4 is 4.90 Å². The van der Waals surface area contributed by atoms with E-state index in [0.717, 1.165) is 10.1 Å². The van der Waals surface area contributed by atoms with Gasteiger partial charge in [0, 0.05) is 15.5 Å². The summed E-state index contributed by atoms with van der Waals surface area (Å²) in [5, 5.41) is 11.5. The normalized spacial score (nSPS) is 10.5. The molecule has 6 heteroatoms. The van der Waals surface area contributed by atoms with Crippen LogP contribution in [0.1, 0.15) is 0 Å². The SMILES string of the molecule is O=C(O)CN(C(=O)CCl)c1csc2ccccc12. The maximum atomic E-state index is 11.7. The number of carboxylic acid groups (broad SMARTS) is 1. The number of hydrogen-bond acceptors (Lipinski definition) is 3. The molecule has 0 radical (unpaired) electrons. The van der Waals surface area contributed by atoms with Gasteiger partial charge in [-0.3, -0.25) is 14.5 Å². The molecule has 94 valence electrons. The Bertz CT molecular complexity index is 596. The molecule has 1 N–H and O–H groups in total. The van der Waals surface area contributed by atoms with Gasteiger partial charge in [0.15, 0.2) is 0 Å². The topological polar surface area (TPSA) is 57.6 Å². The van der Waals surface area contributed by atoms with E-state index in [4.69, 9.17) is 16.7 Å². The van der Waals surface area contributed by atoms with Gasteiger partial charge in [-0.1, -0.05) is 18.2 Å². The van der Waals surface area contributed by atoms with Crippen molar-refractivity contribution in [3.05, 3.63) is 29.6 Å². The molecule has 0 saturated carbocycles. The second-order valence-corrected chi connectivity index (χ2v) is 4.80. The van der Waals surface area contributed by atoms with Crippen LogP contribution in [0, 0.1) is 0 Å². The fraction of sp³-hybridized carbons (Fsp3) is 0.167. The Morgan fingerprint density at radius 2 is 2.06 bits per heavy atom. The van der Waals surface area contributed by atoms with Crippen molar-refractivity contribution in [2.24, 2.45) is 0 Å². The van der Waals surface area contributed by atoms with Gasteiger partial charge in [-0.25, -0.2) is 0 Å². The van der Waals surface area contributed by atoms with Crippen LogP contribution in [0.4, 0.5) is 5.69 Å². The van der Waals surface area contributed by atoms with E-state index in [1.165, 1.54) is 16.2 Å². The van der Waals surface area contributed by atoms with Crippen LogP contribution in [-0.4, -0.2) is 29.4 Å². The van der Waals surface area contributed by atoms with Crippen LogP contribution in [0.5, 0.6) is 0 Å². The molecule has 4 nitrogen and oxygen atoms in total. The van der Waals surface area contributed by atoms with Crippen molar-refractivity contribution < 1.29 is 14.7 Å². The van der Waals surface area contributed by atoms with Crippen molar-refractivity contribution in [1.29, 1.82) is 0 Å². The first-order valence-electron chi connectivity index (χ1n) is 5.18. The van der Waals surface area contributed by atoms with E-state index in [-0.39, 0.29) is 12.4 Å². The Hall–Kier alpha value is -1.59. The number of benzene rings is 1. The van der Waals surface area contributed by atoms with E-state index in [0.29, 0.717) is 5.69 Å². The molecule has 0 spiro atoms. The second-order valence-electron chi connectivity index (χ2n) is 3.62. The number of carbonyl (C=O) groups is 2. The standard InChI is InChI=1S/C12H10ClNO3S/c13-5-11(15)14(6-12(16)17)9-7-18-10-4-2-1-3-8(9)10/h1-4,7H,5-6H2,(H,16,17). The van der Waals surface area contributed by atoms with Crippen molar-refractivity contribution in [3.8, 4) is 0 Å². The Morgan fingerprint density at radius 3 is 2.72 bits per heavy atom. The van der Waals surface area contributed by atoms with Crippen molar-refractivity contribution in [1.82, 2.24) is 0 Å². The number of alkyl halides is 1. The number of nitrogens with zero attached hydrogens (tertiary/aromatic N) is 1. The van der Waals surface area contributed by atoms with E-state index in [1.807, 2.05) is 24.3 Å². The Balaban J connectivity index is 2.47. The first-order chi connectivity index (χ1) is 8.63. The van der Waals surface area contributed by atoms with Crippen molar-refractivity contribution >= 4 is 50.6 Å². The van der Waals surface area contributed by atoms with Gasteiger partial charge in [-0.2, -0.15) is 0 Å². The summed E-state index contributed by atoms with van der Waals surface area (Å²) in [5.74, 6) is -1.72. The zero-order valence-corrected chi connectivity index (χ0v) is 10.9. The molecule has 2 aromatic rings. The van der Waals surface area contributed by atoms with Gasteiger partial charge in [0.05, 0.1) is 5.69 Å². The molecule has 0 aliphatic heterocycles. The number of thiophene rings is 1. The molecule has 0 bridgehead atoms. The van der Waals surface area contributed by atoms with Crippen molar-refractivity contribution in [2.75, 3.05) is 17.3 Å². The quantitative estimate of drug-likeness (QED) is 0.878. The van der Waals surface area contributed by atoms with Crippen LogP contribution in [0.3, 0.4) is 0 Å². The van der Waals surface area contributed by atoms with Gasteiger partial charge < -0.3 is 5.11 Å². The number of hydrogen-bond donors (Lipinski definition) is 1. The molecule has 1 heterocycles. The van der Waals surface area contributed by atoms with Crippen LogP contribution in [0.2, 0.25) is 0 Å². The fourth-order valence-corrected chi connectivity index (χ4v) is 2.78. The summed E-state index contributed by atoms with van der Waals surface area (Å²) in [4.78, 5) is 23.8. The molecule has 0 atom stereocenters. The largest absolute Gasteiger partial charge is 0.480 e. The predicted octanol–water partition coefficient (Wildman–Crippen LogP) is 2.56. The lowest BCUT2D eigenvalue weighted by Crippen LogP contribution is -2.36. The second kappa shape index (κ2) is 5.37. The number of fused-ring (bicyclic) bond motifs is 1. The zero-order valence-electron chi connectivity index (χ0n) is 9.30. The summed E-state index contributed by atoms with van der Waals surface area (Å²) in [5.41, 5.74) is 0.601. The van der Waals surface area contributed by atoms with Crippen molar-refractivity contribution in [3.63, 3.8) is 0 Å². The van der Waals surface area contributed by atoms with E-state index in [9.17, 15) is 9.59 Å². The Kier molecular flexibility index (Phi) is 3.84. The first kappa shape index (κ1) is 12.9. The summed E-state index contributed by atoms with van der Waals surface area (Å²) in [6.45, 7) is -0.383. The van der Waals surface area contributed by atoms with E-state index in [1.54, 1.807) is 5.38 Å². The average Bonchev–Trinajstić information content (AvgIpc) is 2.78. The molecular formula is C12H10ClNO3S. The van der Waals surface area contributed by atoms with E-state index in [2.05, 4.69) is 0 Å². The Morgan fingerprint density at radius 1 is 1.33 bits per heavy atom. The fourth-order valence-electron chi connectivity index (χ4n) is 1.69. The van der Waals surface area contributed by atoms with E-state index < -0.39 is 11.9 Å². The third-order valence-electron chi connectivity index (χ3n) is 2.46. The third kappa shape index (κ3) is 2.47. The van der Waals surface area contributed by atoms with Gasteiger partial charge >= 0.3 is 5.97 Å². The third-order valence-corrected chi connectivity index (χ3v) is 3.64. The van der Waals surface area contributed by atoms with Crippen LogP contribution in [-0.2, 0) is 9.59 Å². The predicted molar refractivity (Wildman–Crippen MR) is 72.5 cm³/mol. The molecule has 1 amide bonds. The molecule has 2 rings (SSSR count). The van der Waals surface area contributed by atoms with Crippen LogP contribution in [0.25, 0.3) is 10.1 Å². The Labute approximate surface area is 112 Å². The van der Waals surface area contributed by atoms with Crippen molar-refractivity contribution in [2.45, 2.75) is 0 Å².